The summed E-state index contributed by atoms with van der Waals surface area (Å²) in [5.41, 5.74) is 0.769. The summed E-state index contributed by atoms with van der Waals surface area (Å²) in [6.45, 7) is 4.33. The summed E-state index contributed by atoms with van der Waals surface area (Å²) >= 11 is 3.33. The predicted molar refractivity (Wildman–Crippen MR) is 65.6 cm³/mol. The third kappa shape index (κ3) is 3.92. The Labute approximate surface area is 99.9 Å². The Morgan fingerprint density at radius 3 is 2.47 bits per heavy atom. The van der Waals surface area contributed by atoms with Gasteiger partial charge in [0.05, 0.1) is 11.8 Å². The number of hydrogen-bond donors (Lipinski definition) is 1. The fourth-order valence-corrected chi connectivity index (χ4v) is 1.88. The molecule has 84 valence electrons. The number of nitrogens with zero attached hydrogens (tertiary/aromatic N) is 1. The van der Waals surface area contributed by atoms with Crippen LogP contribution >= 0.6 is 15.9 Å². The summed E-state index contributed by atoms with van der Waals surface area (Å²) in [7, 11) is 0. The van der Waals surface area contributed by atoms with Crippen molar-refractivity contribution >= 4 is 15.9 Å². The maximum absolute atomic E-state index is 9.97. The molecule has 1 heterocycles. The quantitative estimate of drug-likeness (QED) is 0.886. The Hall–Kier alpha value is -0.410. The first-order valence-electron chi connectivity index (χ1n) is 5.46. The zero-order chi connectivity index (χ0) is 11.3. The molecule has 0 saturated carbocycles. The van der Waals surface area contributed by atoms with Crippen molar-refractivity contribution in [1.82, 2.24) is 4.98 Å². The standard InChI is InChI=1S/C12H18BrNO/c1-3-9(4-2)7-12(15)11-6-5-10(13)8-14-11/h5-6,8-9,12,15H,3-4,7H2,1-2H3. The molecule has 1 aromatic rings. The van der Waals surface area contributed by atoms with Crippen molar-refractivity contribution in [2.75, 3.05) is 0 Å². The van der Waals surface area contributed by atoms with Crippen LogP contribution in [0.4, 0.5) is 0 Å². The molecule has 1 aromatic heterocycles. The van der Waals surface area contributed by atoms with E-state index in [9.17, 15) is 5.11 Å². The first kappa shape index (κ1) is 12.7. The highest BCUT2D eigenvalue weighted by Gasteiger charge is 2.14. The van der Waals surface area contributed by atoms with Crippen molar-refractivity contribution in [3.63, 3.8) is 0 Å². The fourth-order valence-electron chi connectivity index (χ4n) is 1.64. The minimum Gasteiger partial charge on any atom is -0.387 e. The molecule has 3 heteroatoms. The van der Waals surface area contributed by atoms with Gasteiger partial charge in [-0.1, -0.05) is 26.7 Å². The highest BCUT2D eigenvalue weighted by molar-refractivity contribution is 9.10. The lowest BCUT2D eigenvalue weighted by molar-refractivity contribution is 0.137. The van der Waals surface area contributed by atoms with Gasteiger partial charge in [-0.15, -0.1) is 0 Å². The monoisotopic (exact) mass is 271 g/mol. The van der Waals surface area contributed by atoms with Crippen LogP contribution in [0.2, 0.25) is 0 Å². The SMILES string of the molecule is CCC(CC)CC(O)c1ccc(Br)cn1. The van der Waals surface area contributed by atoms with Crippen LogP contribution in [-0.2, 0) is 0 Å². The van der Waals surface area contributed by atoms with E-state index < -0.39 is 6.10 Å². The van der Waals surface area contributed by atoms with Gasteiger partial charge in [0.2, 0.25) is 0 Å². The van der Waals surface area contributed by atoms with Crippen LogP contribution in [0.3, 0.4) is 0 Å². The minimum atomic E-state index is -0.428. The fraction of sp³-hybridized carbons (Fsp3) is 0.583. The van der Waals surface area contributed by atoms with Gasteiger partial charge < -0.3 is 5.11 Å². The summed E-state index contributed by atoms with van der Waals surface area (Å²) in [6.07, 6.45) is 4.34. The second kappa shape index (κ2) is 6.23. The van der Waals surface area contributed by atoms with E-state index >= 15 is 0 Å². The molecule has 1 unspecified atom stereocenters. The van der Waals surface area contributed by atoms with Crippen molar-refractivity contribution in [2.24, 2.45) is 5.92 Å². The van der Waals surface area contributed by atoms with E-state index in [4.69, 9.17) is 0 Å². The molecule has 0 aliphatic rings. The zero-order valence-corrected chi connectivity index (χ0v) is 10.9. The lowest BCUT2D eigenvalue weighted by Gasteiger charge is -2.16. The van der Waals surface area contributed by atoms with E-state index in [1.165, 1.54) is 0 Å². The smallest absolute Gasteiger partial charge is 0.0962 e. The third-order valence-electron chi connectivity index (χ3n) is 2.80. The highest BCUT2D eigenvalue weighted by Crippen LogP contribution is 2.24. The average Bonchev–Trinajstić information content (AvgIpc) is 2.26. The molecule has 0 aliphatic carbocycles. The summed E-state index contributed by atoms with van der Waals surface area (Å²) in [5.74, 6) is 0.588. The van der Waals surface area contributed by atoms with Gasteiger partial charge >= 0.3 is 0 Å². The van der Waals surface area contributed by atoms with Crippen LogP contribution in [0.5, 0.6) is 0 Å². The maximum Gasteiger partial charge on any atom is 0.0962 e. The topological polar surface area (TPSA) is 33.1 Å². The first-order valence-corrected chi connectivity index (χ1v) is 6.26. The van der Waals surface area contributed by atoms with Crippen molar-refractivity contribution in [3.05, 3.63) is 28.5 Å². The maximum atomic E-state index is 9.97. The summed E-state index contributed by atoms with van der Waals surface area (Å²) in [4.78, 5) is 4.20. The van der Waals surface area contributed by atoms with E-state index in [0.29, 0.717) is 5.92 Å². The number of halogens is 1. The molecule has 0 fully saturated rings. The molecular formula is C12H18BrNO. The Kier molecular flexibility index (Phi) is 5.26. The van der Waals surface area contributed by atoms with Gasteiger partial charge in [-0.05, 0) is 40.4 Å². The average molecular weight is 272 g/mol. The Balaban J connectivity index is 2.60. The number of hydrogen-bond acceptors (Lipinski definition) is 2. The normalized spacial score (nSPS) is 13.1. The number of aliphatic hydroxyl groups is 1. The van der Waals surface area contributed by atoms with E-state index in [2.05, 4.69) is 34.8 Å². The Morgan fingerprint density at radius 1 is 1.33 bits per heavy atom. The van der Waals surface area contributed by atoms with E-state index in [0.717, 1.165) is 29.4 Å². The molecule has 0 aromatic carbocycles. The second-order valence-corrected chi connectivity index (χ2v) is 4.75. The van der Waals surface area contributed by atoms with Gasteiger partial charge in [0.1, 0.15) is 0 Å². The van der Waals surface area contributed by atoms with E-state index in [1.807, 2.05) is 12.1 Å². The Bertz CT molecular complexity index is 282. The van der Waals surface area contributed by atoms with Crippen molar-refractivity contribution in [1.29, 1.82) is 0 Å². The number of aliphatic hydroxyl groups excluding tert-OH is 1. The molecule has 2 nitrogen and oxygen atoms in total. The van der Waals surface area contributed by atoms with Gasteiger partial charge in [-0.3, -0.25) is 4.98 Å². The van der Waals surface area contributed by atoms with Crippen LogP contribution in [0, 0.1) is 5.92 Å². The largest absolute Gasteiger partial charge is 0.387 e. The predicted octanol–water partition coefficient (Wildman–Crippen LogP) is 3.70. The molecule has 1 N–H and O–H groups in total. The summed E-state index contributed by atoms with van der Waals surface area (Å²) in [5, 5.41) is 9.97. The van der Waals surface area contributed by atoms with Gasteiger partial charge in [0.15, 0.2) is 0 Å². The molecule has 1 rings (SSSR count). The molecule has 15 heavy (non-hydrogen) atoms. The number of rotatable bonds is 5. The van der Waals surface area contributed by atoms with Crippen LogP contribution < -0.4 is 0 Å². The molecule has 0 aliphatic heterocycles. The van der Waals surface area contributed by atoms with Crippen LogP contribution in [-0.4, -0.2) is 10.1 Å². The third-order valence-corrected chi connectivity index (χ3v) is 3.27. The summed E-state index contributed by atoms with van der Waals surface area (Å²) < 4.78 is 0.945. The highest BCUT2D eigenvalue weighted by atomic mass is 79.9. The second-order valence-electron chi connectivity index (χ2n) is 3.84. The van der Waals surface area contributed by atoms with Gasteiger partial charge in [0, 0.05) is 10.7 Å². The van der Waals surface area contributed by atoms with Crippen LogP contribution in [0.15, 0.2) is 22.8 Å². The van der Waals surface area contributed by atoms with Crippen LogP contribution in [0.25, 0.3) is 0 Å². The molecule has 1 atom stereocenters. The minimum absolute atomic E-state index is 0.428. The first-order chi connectivity index (χ1) is 7.17. The van der Waals surface area contributed by atoms with Gasteiger partial charge in [-0.25, -0.2) is 0 Å². The van der Waals surface area contributed by atoms with Crippen molar-refractivity contribution in [2.45, 2.75) is 39.2 Å². The summed E-state index contributed by atoms with van der Waals surface area (Å²) in [6, 6.07) is 3.79. The van der Waals surface area contributed by atoms with E-state index in [1.54, 1.807) is 6.20 Å². The number of aromatic nitrogens is 1. The lowest BCUT2D eigenvalue weighted by atomic mass is 9.95. The van der Waals surface area contributed by atoms with Crippen molar-refractivity contribution < 1.29 is 5.11 Å². The molecular weight excluding hydrogens is 254 g/mol. The molecule has 0 radical (unpaired) electrons. The van der Waals surface area contributed by atoms with Gasteiger partial charge in [0.25, 0.3) is 0 Å². The Morgan fingerprint density at radius 2 is 2.00 bits per heavy atom. The molecule has 0 spiro atoms. The van der Waals surface area contributed by atoms with E-state index in [-0.39, 0.29) is 0 Å². The molecule has 0 saturated heterocycles. The zero-order valence-electron chi connectivity index (χ0n) is 9.28. The lowest BCUT2D eigenvalue weighted by Crippen LogP contribution is -2.07. The van der Waals surface area contributed by atoms with Crippen molar-refractivity contribution in [3.8, 4) is 0 Å². The van der Waals surface area contributed by atoms with Gasteiger partial charge in [-0.2, -0.15) is 0 Å². The molecule has 0 bridgehead atoms. The van der Waals surface area contributed by atoms with Crippen LogP contribution in [0.1, 0.15) is 44.9 Å². The molecule has 0 amide bonds. The number of pyridine rings is 1.